The van der Waals surface area contributed by atoms with E-state index >= 15 is 0 Å². The van der Waals surface area contributed by atoms with Crippen LogP contribution in [-0.4, -0.2) is 15.5 Å². The van der Waals surface area contributed by atoms with Crippen LogP contribution < -0.4 is 5.30 Å². The maximum atomic E-state index is 12.3. The molecule has 1 aromatic carbocycles. The molecule has 0 amide bonds. The van der Waals surface area contributed by atoms with Gasteiger partial charge in [-0.25, -0.2) is 0 Å². The quantitative estimate of drug-likeness (QED) is 0.499. The second kappa shape index (κ2) is 5.43. The summed E-state index contributed by atoms with van der Waals surface area (Å²) >= 11 is 0. The predicted octanol–water partition coefficient (Wildman–Crippen LogP) is 2.68. The normalized spacial score (nSPS) is 16.2. The first-order valence-electron chi connectivity index (χ1n) is 5.47. The Morgan fingerprint density at radius 3 is 2.59 bits per heavy atom. The number of hydrogen-bond acceptors (Lipinski definition) is 3. The number of nitrogens with zero attached hydrogens (tertiary/aromatic N) is 1. The molecule has 0 bridgehead atoms. The van der Waals surface area contributed by atoms with E-state index in [1.807, 2.05) is 6.92 Å². The highest BCUT2D eigenvalue weighted by Gasteiger charge is 2.34. The zero-order valence-corrected chi connectivity index (χ0v) is 10.8. The van der Waals surface area contributed by atoms with Gasteiger partial charge >= 0.3 is 0 Å². The summed E-state index contributed by atoms with van der Waals surface area (Å²) in [5.41, 5.74) is -0.741. The summed E-state index contributed by atoms with van der Waals surface area (Å²) < 4.78 is 12.3. The third kappa shape index (κ3) is 2.93. The maximum Gasteiger partial charge on any atom is 0.282 e. The molecule has 5 nitrogen and oxygen atoms in total. The number of rotatable bonds is 5. The van der Waals surface area contributed by atoms with E-state index in [1.165, 1.54) is 18.2 Å². The first-order valence-corrected chi connectivity index (χ1v) is 7.20. The van der Waals surface area contributed by atoms with Crippen LogP contribution in [0.25, 0.3) is 0 Å². The summed E-state index contributed by atoms with van der Waals surface area (Å²) in [4.78, 5) is 20.3. The molecule has 0 fully saturated rings. The Morgan fingerprint density at radius 2 is 2.06 bits per heavy atom. The predicted molar refractivity (Wildman–Crippen MR) is 66.9 cm³/mol. The smallest absolute Gasteiger partial charge is 0.282 e. The second-order valence-corrected chi connectivity index (χ2v) is 6.62. The summed E-state index contributed by atoms with van der Waals surface area (Å²) in [5.74, 6) is 0. The van der Waals surface area contributed by atoms with E-state index in [4.69, 9.17) is 0 Å². The van der Waals surface area contributed by atoms with Crippen molar-refractivity contribution in [2.45, 2.75) is 32.3 Å². The van der Waals surface area contributed by atoms with Gasteiger partial charge in [-0.05, 0) is 12.5 Å². The average molecular weight is 257 g/mol. The van der Waals surface area contributed by atoms with Crippen molar-refractivity contribution in [2.75, 3.05) is 0 Å². The molecule has 0 saturated carbocycles. The van der Waals surface area contributed by atoms with Crippen LogP contribution in [0, 0.1) is 10.1 Å². The zero-order chi connectivity index (χ0) is 13.1. The third-order valence-electron chi connectivity index (χ3n) is 2.73. The lowest BCUT2D eigenvalue weighted by Crippen LogP contribution is -2.17. The van der Waals surface area contributed by atoms with E-state index in [0.717, 1.165) is 6.42 Å². The Labute approximate surface area is 100 Å². The van der Waals surface area contributed by atoms with E-state index in [2.05, 4.69) is 0 Å². The number of hydrogen-bond donors (Lipinski definition) is 1. The molecule has 17 heavy (non-hydrogen) atoms. The fourth-order valence-corrected chi connectivity index (χ4v) is 3.59. The largest absolute Gasteiger partial charge is 0.341 e. The average Bonchev–Trinajstić information content (AvgIpc) is 2.29. The number of nitro groups is 1. The molecule has 2 unspecified atom stereocenters. The highest BCUT2D eigenvalue weighted by atomic mass is 31.2. The Morgan fingerprint density at radius 1 is 1.47 bits per heavy atom. The van der Waals surface area contributed by atoms with Crippen LogP contribution >= 0.6 is 7.37 Å². The molecule has 0 aliphatic carbocycles. The van der Waals surface area contributed by atoms with Crippen molar-refractivity contribution < 1.29 is 14.4 Å². The van der Waals surface area contributed by atoms with Crippen LogP contribution in [0.4, 0.5) is 5.69 Å². The van der Waals surface area contributed by atoms with Crippen LogP contribution in [0.15, 0.2) is 24.3 Å². The zero-order valence-electron chi connectivity index (χ0n) is 9.87. The molecule has 0 saturated heterocycles. The molecule has 0 aromatic heterocycles. The van der Waals surface area contributed by atoms with Crippen LogP contribution in [0.2, 0.25) is 0 Å². The molecule has 0 heterocycles. The van der Waals surface area contributed by atoms with Crippen molar-refractivity contribution in [1.82, 2.24) is 0 Å². The molecule has 0 spiro atoms. The topological polar surface area (TPSA) is 80.4 Å². The van der Waals surface area contributed by atoms with Crippen molar-refractivity contribution in [1.29, 1.82) is 0 Å². The van der Waals surface area contributed by atoms with Crippen LogP contribution in [0.3, 0.4) is 0 Å². The fraction of sp³-hybridized carbons (Fsp3) is 0.455. The van der Waals surface area contributed by atoms with Gasteiger partial charge in [0.25, 0.3) is 5.69 Å². The molecule has 6 heteroatoms. The maximum absolute atomic E-state index is 12.3. The number of para-hydroxylation sites is 1. The lowest BCUT2D eigenvalue weighted by Gasteiger charge is -2.18. The first kappa shape index (κ1) is 13.9. The molecule has 94 valence electrons. The van der Waals surface area contributed by atoms with Gasteiger partial charge in [-0.1, -0.05) is 32.4 Å². The van der Waals surface area contributed by atoms with E-state index in [1.54, 1.807) is 13.0 Å². The molecule has 1 N–H and O–H groups in total. The summed E-state index contributed by atoms with van der Waals surface area (Å²) in [5, 5.41) is 10.8. The van der Waals surface area contributed by atoms with Crippen LogP contribution in [-0.2, 0) is 4.57 Å². The first-order chi connectivity index (χ1) is 7.91. The van der Waals surface area contributed by atoms with Crippen molar-refractivity contribution >= 4 is 18.4 Å². The van der Waals surface area contributed by atoms with E-state index in [0.29, 0.717) is 6.42 Å². The molecular formula is C11H16NO4P. The van der Waals surface area contributed by atoms with Gasteiger partial charge in [0.05, 0.1) is 4.92 Å². The number of benzene rings is 1. The molecule has 1 aromatic rings. The molecular weight excluding hydrogens is 241 g/mol. The van der Waals surface area contributed by atoms with Crippen molar-refractivity contribution in [3.8, 4) is 0 Å². The minimum Gasteiger partial charge on any atom is -0.341 e. The lowest BCUT2D eigenvalue weighted by atomic mass is 10.3. The standard InChI is InChI=1S/C11H16NO4P/c1-3-6-9(2)17(15,16)11-8-5-4-7-10(11)12(13)14/h4-5,7-9H,3,6H2,1-2H3,(H,15,16). The Kier molecular flexibility index (Phi) is 4.43. The lowest BCUT2D eigenvalue weighted by molar-refractivity contribution is -0.383. The molecule has 2 atom stereocenters. The minimum atomic E-state index is -3.69. The SMILES string of the molecule is CCCC(C)P(=O)(O)c1ccccc1[N+](=O)[O-]. The van der Waals surface area contributed by atoms with Gasteiger partial charge in [0.2, 0.25) is 7.37 Å². The molecule has 0 aliphatic rings. The van der Waals surface area contributed by atoms with Gasteiger partial charge in [-0.15, -0.1) is 0 Å². The third-order valence-corrected chi connectivity index (χ3v) is 5.25. The monoisotopic (exact) mass is 257 g/mol. The Bertz CT molecular complexity index is 461. The van der Waals surface area contributed by atoms with Gasteiger partial charge in [0.1, 0.15) is 5.30 Å². The van der Waals surface area contributed by atoms with Crippen molar-refractivity contribution in [3.63, 3.8) is 0 Å². The van der Waals surface area contributed by atoms with Gasteiger partial charge < -0.3 is 4.89 Å². The fourth-order valence-electron chi connectivity index (χ4n) is 1.72. The summed E-state index contributed by atoms with van der Waals surface area (Å²) in [6.45, 7) is 3.57. The van der Waals surface area contributed by atoms with Crippen LogP contribution in [0.1, 0.15) is 26.7 Å². The Hall–Kier alpha value is -1.19. The van der Waals surface area contributed by atoms with Gasteiger partial charge in [-0.3, -0.25) is 14.7 Å². The molecule has 1 rings (SSSR count). The van der Waals surface area contributed by atoms with Gasteiger partial charge in [0.15, 0.2) is 0 Å². The number of nitro benzene ring substituents is 1. The van der Waals surface area contributed by atoms with E-state index in [9.17, 15) is 19.6 Å². The molecule has 0 aliphatic heterocycles. The highest BCUT2D eigenvalue weighted by Crippen LogP contribution is 2.48. The van der Waals surface area contributed by atoms with E-state index < -0.39 is 18.0 Å². The van der Waals surface area contributed by atoms with Crippen molar-refractivity contribution in [3.05, 3.63) is 34.4 Å². The highest BCUT2D eigenvalue weighted by molar-refractivity contribution is 7.67. The minimum absolute atomic E-state index is 0.0500. The summed E-state index contributed by atoms with van der Waals surface area (Å²) in [7, 11) is -3.69. The van der Waals surface area contributed by atoms with Crippen molar-refractivity contribution in [2.24, 2.45) is 0 Å². The summed E-state index contributed by atoms with van der Waals surface area (Å²) in [6.07, 6.45) is 1.34. The van der Waals surface area contributed by atoms with E-state index in [-0.39, 0.29) is 11.0 Å². The Balaban J connectivity index is 3.23. The van der Waals surface area contributed by atoms with Crippen LogP contribution in [0.5, 0.6) is 0 Å². The summed E-state index contributed by atoms with van der Waals surface area (Å²) in [6, 6.07) is 5.66. The molecule has 0 radical (unpaired) electrons. The second-order valence-electron chi connectivity index (χ2n) is 4.01. The van der Waals surface area contributed by atoms with Gasteiger partial charge in [-0.2, -0.15) is 0 Å². The van der Waals surface area contributed by atoms with Gasteiger partial charge in [0, 0.05) is 11.7 Å².